The quantitative estimate of drug-likeness (QED) is 0.871. The zero-order valence-electron chi connectivity index (χ0n) is 12.0. The van der Waals surface area contributed by atoms with Gasteiger partial charge >= 0.3 is 0 Å². The van der Waals surface area contributed by atoms with Crippen molar-refractivity contribution >= 4 is 9.84 Å². The Morgan fingerprint density at radius 2 is 1.95 bits per heavy atom. The minimum Gasteiger partial charge on any atom is -0.396 e. The maximum Gasteiger partial charge on any atom is 0.242 e. The Morgan fingerprint density at radius 3 is 2.57 bits per heavy atom. The maximum atomic E-state index is 11.9. The highest BCUT2D eigenvalue weighted by Crippen LogP contribution is 2.17. The van der Waals surface area contributed by atoms with Crippen molar-refractivity contribution in [3.8, 4) is 11.4 Å². The molecule has 0 saturated heterocycles. The second-order valence-electron chi connectivity index (χ2n) is 5.22. The Labute approximate surface area is 123 Å². The summed E-state index contributed by atoms with van der Waals surface area (Å²) in [5, 5.41) is 12.7. The first-order valence-corrected chi connectivity index (χ1v) is 8.42. The standard InChI is InChI=1S/C14H18N2O4S/c1-10-3-5-12(6-4-10)14-15-13(20-16-14)9-21(18,19)8-11(2)7-17/h3-6,11,17H,7-9H2,1-2H3. The van der Waals surface area contributed by atoms with Gasteiger partial charge in [-0.1, -0.05) is 41.9 Å². The smallest absolute Gasteiger partial charge is 0.242 e. The number of hydrogen-bond acceptors (Lipinski definition) is 6. The van der Waals surface area contributed by atoms with Gasteiger partial charge in [0.25, 0.3) is 0 Å². The molecule has 0 amide bonds. The van der Waals surface area contributed by atoms with E-state index in [-0.39, 0.29) is 29.9 Å². The van der Waals surface area contributed by atoms with Crippen LogP contribution in [0.1, 0.15) is 18.4 Å². The van der Waals surface area contributed by atoms with Crippen LogP contribution in [0.5, 0.6) is 0 Å². The molecule has 114 valence electrons. The number of rotatable bonds is 6. The molecular weight excluding hydrogens is 292 g/mol. The Kier molecular flexibility index (Phi) is 4.74. The zero-order valence-corrected chi connectivity index (χ0v) is 12.8. The number of aryl methyl sites for hydroxylation is 1. The largest absolute Gasteiger partial charge is 0.396 e. The first-order valence-electron chi connectivity index (χ1n) is 6.60. The Morgan fingerprint density at radius 1 is 1.29 bits per heavy atom. The van der Waals surface area contributed by atoms with Crippen LogP contribution in [0, 0.1) is 12.8 Å². The predicted octanol–water partition coefficient (Wildman–Crippen LogP) is 1.59. The summed E-state index contributed by atoms with van der Waals surface area (Å²) in [4.78, 5) is 4.11. The third kappa shape index (κ3) is 4.37. The van der Waals surface area contributed by atoms with E-state index in [1.54, 1.807) is 6.92 Å². The third-order valence-electron chi connectivity index (χ3n) is 2.97. The monoisotopic (exact) mass is 310 g/mol. The van der Waals surface area contributed by atoms with Crippen molar-refractivity contribution in [3.63, 3.8) is 0 Å². The van der Waals surface area contributed by atoms with Gasteiger partial charge in [0.15, 0.2) is 9.84 Å². The van der Waals surface area contributed by atoms with Crippen LogP contribution in [0.4, 0.5) is 0 Å². The zero-order chi connectivity index (χ0) is 15.5. The van der Waals surface area contributed by atoms with E-state index in [9.17, 15) is 8.42 Å². The van der Waals surface area contributed by atoms with Gasteiger partial charge in [0.2, 0.25) is 11.7 Å². The van der Waals surface area contributed by atoms with Crippen LogP contribution in [-0.4, -0.2) is 36.0 Å². The van der Waals surface area contributed by atoms with Crippen molar-refractivity contribution in [2.45, 2.75) is 19.6 Å². The predicted molar refractivity (Wildman–Crippen MR) is 78.2 cm³/mol. The summed E-state index contributed by atoms with van der Waals surface area (Å²) in [7, 11) is -3.38. The van der Waals surface area contributed by atoms with E-state index in [0.29, 0.717) is 5.82 Å². The van der Waals surface area contributed by atoms with E-state index in [2.05, 4.69) is 10.1 Å². The highest BCUT2D eigenvalue weighted by Gasteiger charge is 2.20. The molecule has 7 heteroatoms. The van der Waals surface area contributed by atoms with Gasteiger partial charge in [-0.2, -0.15) is 4.98 Å². The van der Waals surface area contributed by atoms with Gasteiger partial charge in [0.05, 0.1) is 5.75 Å². The molecule has 0 saturated carbocycles. The van der Waals surface area contributed by atoms with E-state index in [0.717, 1.165) is 11.1 Å². The summed E-state index contributed by atoms with van der Waals surface area (Å²) in [5.41, 5.74) is 1.89. The molecule has 0 bridgehead atoms. The molecule has 21 heavy (non-hydrogen) atoms. The molecule has 2 aromatic rings. The topological polar surface area (TPSA) is 93.3 Å². The molecule has 1 N–H and O–H groups in total. The van der Waals surface area contributed by atoms with Crippen molar-refractivity contribution in [3.05, 3.63) is 35.7 Å². The van der Waals surface area contributed by atoms with Crippen LogP contribution in [0.25, 0.3) is 11.4 Å². The lowest BCUT2D eigenvalue weighted by molar-refractivity contribution is 0.249. The van der Waals surface area contributed by atoms with Gasteiger partial charge in [0.1, 0.15) is 5.75 Å². The number of aliphatic hydroxyl groups is 1. The van der Waals surface area contributed by atoms with Crippen LogP contribution >= 0.6 is 0 Å². The lowest BCUT2D eigenvalue weighted by atomic mass is 10.1. The third-order valence-corrected chi connectivity index (χ3v) is 4.74. The number of sulfone groups is 1. The van der Waals surface area contributed by atoms with Gasteiger partial charge in [-0.05, 0) is 12.8 Å². The van der Waals surface area contributed by atoms with E-state index < -0.39 is 9.84 Å². The van der Waals surface area contributed by atoms with Gasteiger partial charge in [-0.15, -0.1) is 0 Å². The van der Waals surface area contributed by atoms with Crippen molar-refractivity contribution < 1.29 is 18.0 Å². The van der Waals surface area contributed by atoms with Crippen LogP contribution < -0.4 is 0 Å². The first-order chi connectivity index (χ1) is 9.89. The van der Waals surface area contributed by atoms with Gasteiger partial charge in [-0.3, -0.25) is 0 Å². The average molecular weight is 310 g/mol. The van der Waals surface area contributed by atoms with E-state index in [4.69, 9.17) is 9.63 Å². The molecular formula is C14H18N2O4S. The Balaban J connectivity index is 2.11. The number of benzene rings is 1. The molecule has 0 fully saturated rings. The average Bonchev–Trinajstić information content (AvgIpc) is 2.86. The second-order valence-corrected chi connectivity index (χ2v) is 7.33. The number of nitrogens with zero attached hydrogens (tertiary/aromatic N) is 2. The Hall–Kier alpha value is -1.73. The summed E-state index contributed by atoms with van der Waals surface area (Å²) >= 11 is 0. The molecule has 1 aromatic heterocycles. The Bertz CT molecular complexity index is 692. The molecule has 0 aliphatic carbocycles. The molecule has 2 rings (SSSR count). The summed E-state index contributed by atoms with van der Waals surface area (Å²) in [6.45, 7) is 3.47. The minimum absolute atomic E-state index is 0.0655. The van der Waals surface area contributed by atoms with Crippen molar-refractivity contribution in [1.82, 2.24) is 10.1 Å². The van der Waals surface area contributed by atoms with Gasteiger partial charge in [-0.25, -0.2) is 8.42 Å². The lowest BCUT2D eigenvalue weighted by Crippen LogP contribution is -2.18. The molecule has 6 nitrogen and oxygen atoms in total. The highest BCUT2D eigenvalue weighted by molar-refractivity contribution is 7.90. The molecule has 1 atom stereocenters. The second kappa shape index (κ2) is 6.36. The first kappa shape index (κ1) is 15.7. The summed E-state index contributed by atoms with van der Waals surface area (Å²) in [5.74, 6) is -0.289. The molecule has 0 aliphatic heterocycles. The summed E-state index contributed by atoms with van der Waals surface area (Å²) < 4.78 is 28.8. The SMILES string of the molecule is Cc1ccc(-c2noc(CS(=O)(=O)CC(C)CO)n2)cc1. The molecule has 0 aliphatic rings. The maximum absolute atomic E-state index is 11.9. The molecule has 1 aromatic carbocycles. The number of aromatic nitrogens is 2. The van der Waals surface area contributed by atoms with Gasteiger partial charge in [0, 0.05) is 12.2 Å². The molecule has 0 spiro atoms. The van der Waals surface area contributed by atoms with Crippen LogP contribution in [0.2, 0.25) is 0 Å². The fraction of sp³-hybridized carbons (Fsp3) is 0.429. The fourth-order valence-corrected chi connectivity index (χ4v) is 3.45. The van der Waals surface area contributed by atoms with Crippen molar-refractivity contribution in [2.75, 3.05) is 12.4 Å². The van der Waals surface area contributed by atoms with Crippen molar-refractivity contribution in [2.24, 2.45) is 5.92 Å². The van der Waals surface area contributed by atoms with Crippen LogP contribution in [-0.2, 0) is 15.6 Å². The van der Waals surface area contributed by atoms with E-state index in [1.807, 2.05) is 31.2 Å². The number of aliphatic hydroxyl groups excluding tert-OH is 1. The lowest BCUT2D eigenvalue weighted by Gasteiger charge is -2.06. The fourth-order valence-electron chi connectivity index (χ4n) is 1.87. The summed E-state index contributed by atoms with van der Waals surface area (Å²) in [6, 6.07) is 7.55. The van der Waals surface area contributed by atoms with E-state index >= 15 is 0 Å². The summed E-state index contributed by atoms with van der Waals surface area (Å²) in [6.07, 6.45) is 0. The number of hydrogen-bond donors (Lipinski definition) is 1. The molecule has 1 heterocycles. The molecule has 1 unspecified atom stereocenters. The van der Waals surface area contributed by atoms with Crippen LogP contribution in [0.15, 0.2) is 28.8 Å². The highest BCUT2D eigenvalue weighted by atomic mass is 32.2. The van der Waals surface area contributed by atoms with Crippen LogP contribution in [0.3, 0.4) is 0 Å². The van der Waals surface area contributed by atoms with E-state index in [1.165, 1.54) is 0 Å². The van der Waals surface area contributed by atoms with Crippen molar-refractivity contribution in [1.29, 1.82) is 0 Å². The normalized spacial score (nSPS) is 13.3. The minimum atomic E-state index is -3.38. The molecule has 0 radical (unpaired) electrons. The van der Waals surface area contributed by atoms with Gasteiger partial charge < -0.3 is 9.63 Å².